The highest BCUT2D eigenvalue weighted by Gasteiger charge is 2.22. The first-order chi connectivity index (χ1) is 10.9. The van der Waals surface area contributed by atoms with E-state index in [1.54, 1.807) is 13.8 Å². The average Bonchev–Trinajstić information content (AvgIpc) is 2.45. The summed E-state index contributed by atoms with van der Waals surface area (Å²) in [4.78, 5) is 26.4. The van der Waals surface area contributed by atoms with Crippen LogP contribution in [0.5, 0.6) is 0 Å². The van der Waals surface area contributed by atoms with E-state index in [1.807, 2.05) is 0 Å². The van der Waals surface area contributed by atoms with Crippen LogP contribution in [-0.4, -0.2) is 54.4 Å². The highest BCUT2D eigenvalue weighted by molar-refractivity contribution is 7.89. The van der Waals surface area contributed by atoms with Crippen LogP contribution in [-0.2, 0) is 14.8 Å². The fraction of sp³-hybridized carbons (Fsp3) is 0.500. The summed E-state index contributed by atoms with van der Waals surface area (Å²) in [6, 6.07) is 2.16. The van der Waals surface area contributed by atoms with Gasteiger partial charge in [0.25, 0.3) is 0 Å². The Morgan fingerprint density at radius 3 is 2.38 bits per heavy atom. The molecule has 0 saturated carbocycles. The predicted octanol–water partition coefficient (Wildman–Crippen LogP) is 1.10. The molecule has 1 aromatic heterocycles. The van der Waals surface area contributed by atoms with E-state index in [9.17, 15) is 18.0 Å². The topological polar surface area (TPSA) is 129 Å². The van der Waals surface area contributed by atoms with Crippen LogP contribution in [0.2, 0.25) is 0 Å². The molecule has 0 fully saturated rings. The second-order valence-corrected chi connectivity index (χ2v) is 8.18. The quantitative estimate of drug-likeness (QED) is 0.669. The van der Waals surface area contributed by atoms with Crippen LogP contribution in [0.25, 0.3) is 0 Å². The Kier molecular flexibility index (Phi) is 6.27. The highest BCUT2D eigenvalue weighted by atomic mass is 32.2. The fourth-order valence-corrected chi connectivity index (χ4v) is 2.60. The first kappa shape index (κ1) is 19.8. The third-order valence-electron chi connectivity index (χ3n) is 3.17. The van der Waals surface area contributed by atoms with Crippen molar-refractivity contribution < 1.29 is 23.1 Å². The summed E-state index contributed by atoms with van der Waals surface area (Å²) in [5, 5.41) is 13.8. The number of hydrogen-bond donors (Lipinski definition) is 3. The minimum atomic E-state index is -3.58. The van der Waals surface area contributed by atoms with Crippen LogP contribution in [0.3, 0.4) is 0 Å². The Morgan fingerprint density at radius 2 is 1.92 bits per heavy atom. The predicted molar refractivity (Wildman–Crippen MR) is 88.2 cm³/mol. The van der Waals surface area contributed by atoms with E-state index >= 15 is 0 Å². The lowest BCUT2D eigenvalue weighted by molar-refractivity contribution is -0.137. The maximum Gasteiger partial charge on any atom is 0.320 e. The van der Waals surface area contributed by atoms with E-state index in [2.05, 4.69) is 15.6 Å². The Hall–Kier alpha value is -2.20. The third kappa shape index (κ3) is 5.78. The van der Waals surface area contributed by atoms with Gasteiger partial charge in [-0.05, 0) is 32.4 Å². The summed E-state index contributed by atoms with van der Waals surface area (Å²) >= 11 is 0. The van der Waals surface area contributed by atoms with E-state index in [0.29, 0.717) is 0 Å². The molecule has 10 heteroatoms. The van der Waals surface area contributed by atoms with Gasteiger partial charge in [0.15, 0.2) is 0 Å². The van der Waals surface area contributed by atoms with Crippen molar-refractivity contribution in [2.45, 2.75) is 37.1 Å². The van der Waals surface area contributed by atoms with Crippen molar-refractivity contribution in [2.75, 3.05) is 19.4 Å². The summed E-state index contributed by atoms with van der Waals surface area (Å²) in [5.74, 6) is -0.760. The first-order valence-electron chi connectivity index (χ1n) is 7.13. The number of hydrogen-bond acceptors (Lipinski definition) is 5. The number of amides is 2. The van der Waals surface area contributed by atoms with Crippen LogP contribution in [0.15, 0.2) is 23.2 Å². The van der Waals surface area contributed by atoms with Gasteiger partial charge >= 0.3 is 12.0 Å². The minimum absolute atomic E-state index is 0.0141. The molecule has 1 heterocycles. The molecule has 0 aliphatic rings. The van der Waals surface area contributed by atoms with E-state index in [4.69, 9.17) is 5.11 Å². The van der Waals surface area contributed by atoms with Crippen LogP contribution >= 0.6 is 0 Å². The van der Waals surface area contributed by atoms with Crippen LogP contribution in [0.1, 0.15) is 26.7 Å². The molecule has 0 atom stereocenters. The second kappa shape index (κ2) is 7.58. The van der Waals surface area contributed by atoms with Crippen LogP contribution < -0.4 is 10.6 Å². The SMILES string of the molecule is CN(C)S(=O)(=O)c1ccc(NC(=O)NC(C)(C)CCC(=O)O)nc1. The maximum atomic E-state index is 11.9. The average molecular weight is 358 g/mol. The van der Waals surface area contributed by atoms with Crippen molar-refractivity contribution in [2.24, 2.45) is 0 Å². The molecule has 9 nitrogen and oxygen atoms in total. The van der Waals surface area contributed by atoms with Crippen molar-refractivity contribution in [1.29, 1.82) is 0 Å². The zero-order valence-corrected chi connectivity index (χ0v) is 14.8. The molecule has 3 N–H and O–H groups in total. The van der Waals surface area contributed by atoms with Gasteiger partial charge in [-0.2, -0.15) is 0 Å². The number of pyridine rings is 1. The van der Waals surface area contributed by atoms with Crippen molar-refractivity contribution in [3.8, 4) is 0 Å². The smallest absolute Gasteiger partial charge is 0.320 e. The lowest BCUT2D eigenvalue weighted by Crippen LogP contribution is -2.45. The van der Waals surface area contributed by atoms with Gasteiger partial charge in [0.05, 0.1) is 0 Å². The number of urea groups is 1. The van der Waals surface area contributed by atoms with Gasteiger partial charge in [0.1, 0.15) is 10.7 Å². The molecule has 0 aliphatic heterocycles. The van der Waals surface area contributed by atoms with Gasteiger partial charge in [-0.1, -0.05) is 0 Å². The third-order valence-corrected chi connectivity index (χ3v) is 4.97. The lowest BCUT2D eigenvalue weighted by atomic mass is 9.99. The number of nitrogens with zero attached hydrogens (tertiary/aromatic N) is 2. The molecule has 0 unspecified atom stereocenters. The number of carbonyl (C=O) groups is 2. The molecule has 134 valence electrons. The molecule has 0 aromatic carbocycles. The van der Waals surface area contributed by atoms with Crippen LogP contribution in [0, 0.1) is 0 Å². The molecule has 1 rings (SSSR count). The van der Waals surface area contributed by atoms with Crippen molar-refractivity contribution in [3.63, 3.8) is 0 Å². The largest absolute Gasteiger partial charge is 0.481 e. The normalized spacial score (nSPS) is 12.0. The van der Waals surface area contributed by atoms with Gasteiger partial charge in [-0.3, -0.25) is 10.1 Å². The standard InChI is InChI=1S/C14H22N4O5S/c1-14(2,8-7-12(19)20)17-13(21)16-11-6-5-10(9-15-11)24(22,23)18(3)4/h5-6,9H,7-8H2,1-4H3,(H,19,20)(H2,15,16,17,21). The summed E-state index contributed by atoms with van der Waals surface area (Å²) in [6.07, 6.45) is 1.35. The number of anilines is 1. The Balaban J connectivity index is 2.70. The molecule has 0 saturated heterocycles. The number of carboxylic acid groups (broad SMARTS) is 1. The van der Waals surface area contributed by atoms with Gasteiger partial charge in [-0.25, -0.2) is 22.5 Å². The van der Waals surface area contributed by atoms with Gasteiger partial charge in [0, 0.05) is 32.3 Å². The minimum Gasteiger partial charge on any atom is -0.481 e. The second-order valence-electron chi connectivity index (χ2n) is 6.02. The summed E-state index contributed by atoms with van der Waals surface area (Å²) in [6.45, 7) is 3.41. The number of carboxylic acids is 1. The molecule has 0 spiro atoms. The lowest BCUT2D eigenvalue weighted by Gasteiger charge is -2.25. The monoisotopic (exact) mass is 358 g/mol. The van der Waals surface area contributed by atoms with Crippen molar-refractivity contribution >= 4 is 27.8 Å². The number of nitrogens with one attached hydrogen (secondary N) is 2. The van der Waals surface area contributed by atoms with E-state index in [1.165, 1.54) is 26.2 Å². The molecule has 1 aromatic rings. The van der Waals surface area contributed by atoms with Crippen molar-refractivity contribution in [1.82, 2.24) is 14.6 Å². The zero-order valence-electron chi connectivity index (χ0n) is 14.0. The van der Waals surface area contributed by atoms with Gasteiger partial charge in [-0.15, -0.1) is 0 Å². The summed E-state index contributed by atoms with van der Waals surface area (Å²) in [5.41, 5.74) is -0.712. The Bertz CT molecular complexity index is 698. The first-order valence-corrected chi connectivity index (χ1v) is 8.57. The molecular formula is C14H22N4O5S. The number of rotatable bonds is 7. The molecule has 24 heavy (non-hydrogen) atoms. The molecule has 0 bridgehead atoms. The molecule has 0 radical (unpaired) electrons. The molecule has 0 aliphatic carbocycles. The number of aromatic nitrogens is 1. The van der Waals surface area contributed by atoms with E-state index in [0.717, 1.165) is 10.5 Å². The van der Waals surface area contributed by atoms with Gasteiger partial charge < -0.3 is 10.4 Å². The molecule has 2 amide bonds. The summed E-state index contributed by atoms with van der Waals surface area (Å²) in [7, 11) is -0.758. The van der Waals surface area contributed by atoms with Gasteiger partial charge in [0.2, 0.25) is 10.0 Å². The number of carbonyl (C=O) groups excluding carboxylic acids is 1. The Morgan fingerprint density at radius 1 is 1.29 bits per heavy atom. The zero-order chi connectivity index (χ0) is 18.5. The van der Waals surface area contributed by atoms with Crippen LogP contribution in [0.4, 0.5) is 10.6 Å². The number of aliphatic carboxylic acids is 1. The van der Waals surface area contributed by atoms with E-state index < -0.39 is 27.6 Å². The number of sulfonamides is 1. The molecular weight excluding hydrogens is 336 g/mol. The maximum absolute atomic E-state index is 11.9. The van der Waals surface area contributed by atoms with E-state index in [-0.39, 0.29) is 23.6 Å². The summed E-state index contributed by atoms with van der Waals surface area (Å²) < 4.78 is 24.9. The fourth-order valence-electron chi connectivity index (χ4n) is 1.75. The highest BCUT2D eigenvalue weighted by Crippen LogP contribution is 2.15. The Labute approximate surface area is 141 Å². The van der Waals surface area contributed by atoms with Crippen molar-refractivity contribution in [3.05, 3.63) is 18.3 Å².